The first-order valence-corrected chi connectivity index (χ1v) is 8.69. The lowest BCUT2D eigenvalue weighted by Crippen LogP contribution is -2.31. The van der Waals surface area contributed by atoms with Crippen LogP contribution < -0.4 is 0 Å². The number of likely N-dealkylation sites (N-methyl/N-ethyl adjacent to an activating group) is 1. The second kappa shape index (κ2) is 6.30. The normalized spacial score (nSPS) is 19.7. The molecule has 0 radical (unpaired) electrons. The molecule has 116 valence electrons. The average molecular weight is 356 g/mol. The molecule has 0 fully saturated rings. The number of hydrogen-bond acceptors (Lipinski definition) is 2. The Morgan fingerprint density at radius 3 is 2.55 bits per heavy atom. The zero-order valence-electron chi connectivity index (χ0n) is 11.9. The van der Waals surface area contributed by atoms with Gasteiger partial charge in [-0.2, -0.15) is 0 Å². The van der Waals surface area contributed by atoms with Crippen LogP contribution in [-0.4, -0.2) is 27.3 Å². The molecule has 0 aromatic heterocycles. The van der Waals surface area contributed by atoms with Crippen molar-refractivity contribution in [2.24, 2.45) is 0 Å². The highest BCUT2D eigenvalue weighted by Crippen LogP contribution is 2.38. The Hall–Kier alpha value is -0.910. The molecule has 2 aromatic rings. The van der Waals surface area contributed by atoms with Crippen molar-refractivity contribution < 1.29 is 8.76 Å². The summed E-state index contributed by atoms with van der Waals surface area (Å²) in [5.74, 6) is 0.145. The predicted molar refractivity (Wildman–Crippen MR) is 90.1 cm³/mol. The molecule has 0 bridgehead atoms. The van der Waals surface area contributed by atoms with E-state index < -0.39 is 11.1 Å². The number of nitrogens with zero attached hydrogens (tertiary/aromatic N) is 1. The maximum Gasteiger partial charge on any atom is 0.186 e. The topological polar surface area (TPSA) is 40.5 Å². The van der Waals surface area contributed by atoms with E-state index in [-0.39, 0.29) is 5.92 Å². The summed E-state index contributed by atoms with van der Waals surface area (Å²) in [4.78, 5) is 2.61. The molecule has 0 saturated carbocycles. The van der Waals surface area contributed by atoms with Gasteiger partial charge in [0.1, 0.15) is 0 Å². The number of halogens is 2. The van der Waals surface area contributed by atoms with Crippen molar-refractivity contribution in [1.82, 2.24) is 4.90 Å². The van der Waals surface area contributed by atoms with Gasteiger partial charge in [-0.3, -0.25) is 0 Å². The van der Waals surface area contributed by atoms with Gasteiger partial charge in [0.05, 0.1) is 4.90 Å². The van der Waals surface area contributed by atoms with E-state index in [2.05, 4.69) is 11.9 Å². The minimum atomic E-state index is -1.95. The van der Waals surface area contributed by atoms with E-state index in [4.69, 9.17) is 27.8 Å². The molecule has 0 spiro atoms. The third kappa shape index (κ3) is 3.07. The molecule has 1 aliphatic heterocycles. The fourth-order valence-corrected chi connectivity index (χ4v) is 3.88. The van der Waals surface area contributed by atoms with Crippen LogP contribution in [0.5, 0.6) is 0 Å². The summed E-state index contributed by atoms with van der Waals surface area (Å²) in [6.07, 6.45) is 0. The molecule has 0 aliphatic carbocycles. The van der Waals surface area contributed by atoms with Crippen LogP contribution in [-0.2, 0) is 17.6 Å². The summed E-state index contributed by atoms with van der Waals surface area (Å²) < 4.78 is 20.2. The third-order valence-corrected chi connectivity index (χ3v) is 5.21. The van der Waals surface area contributed by atoms with Gasteiger partial charge in [-0.1, -0.05) is 35.3 Å². The second-order valence-electron chi connectivity index (χ2n) is 5.52. The summed E-state index contributed by atoms with van der Waals surface area (Å²) in [5, 5.41) is 1.32. The predicted octanol–water partition coefficient (Wildman–Crippen LogP) is 4.15. The molecule has 3 nitrogen and oxygen atoms in total. The summed E-state index contributed by atoms with van der Waals surface area (Å²) >= 11 is 10.6. The van der Waals surface area contributed by atoms with Gasteiger partial charge >= 0.3 is 0 Å². The largest absolute Gasteiger partial charge is 0.302 e. The summed E-state index contributed by atoms with van der Waals surface area (Å²) in [6.45, 7) is 1.64. The molecule has 2 aromatic carbocycles. The number of rotatable bonds is 2. The number of fused-ring (bicyclic) bond motifs is 1. The lowest BCUT2D eigenvalue weighted by atomic mass is 9.85. The Kier molecular flexibility index (Phi) is 4.57. The van der Waals surface area contributed by atoms with Crippen LogP contribution in [0.15, 0.2) is 41.3 Å². The minimum Gasteiger partial charge on any atom is -0.302 e. The fraction of sp³-hybridized carbons (Fsp3) is 0.250. The molecular formula is C16H15Cl2NO2S. The smallest absolute Gasteiger partial charge is 0.186 e. The molecule has 2 unspecified atom stereocenters. The molecule has 1 heterocycles. The lowest BCUT2D eigenvalue weighted by molar-refractivity contribution is 0.295. The van der Waals surface area contributed by atoms with Gasteiger partial charge in [-0.05, 0) is 48.0 Å². The zero-order chi connectivity index (χ0) is 15.9. The molecular weight excluding hydrogens is 341 g/mol. The molecule has 0 saturated heterocycles. The van der Waals surface area contributed by atoms with Crippen molar-refractivity contribution >= 4 is 34.3 Å². The Bertz CT molecular complexity index is 734. The van der Waals surface area contributed by atoms with E-state index in [1.54, 1.807) is 18.2 Å². The van der Waals surface area contributed by atoms with E-state index in [1.807, 2.05) is 18.2 Å². The maximum atomic E-state index is 11.1. The highest BCUT2D eigenvalue weighted by Gasteiger charge is 2.27. The highest BCUT2D eigenvalue weighted by atomic mass is 35.5. The van der Waals surface area contributed by atoms with Gasteiger partial charge in [0.2, 0.25) is 0 Å². The monoisotopic (exact) mass is 355 g/mol. The van der Waals surface area contributed by atoms with E-state index in [9.17, 15) is 4.21 Å². The van der Waals surface area contributed by atoms with E-state index in [1.165, 1.54) is 0 Å². The minimum absolute atomic E-state index is 0.145. The Balaban J connectivity index is 2.06. The lowest BCUT2D eigenvalue weighted by Gasteiger charge is -2.33. The molecule has 6 heteroatoms. The van der Waals surface area contributed by atoms with Crippen molar-refractivity contribution in [3.05, 3.63) is 63.1 Å². The molecule has 3 rings (SSSR count). The van der Waals surface area contributed by atoms with E-state index in [0.717, 1.165) is 29.8 Å². The Morgan fingerprint density at radius 1 is 1.23 bits per heavy atom. The Morgan fingerprint density at radius 2 is 1.91 bits per heavy atom. The summed E-state index contributed by atoms with van der Waals surface area (Å²) in [5.41, 5.74) is 3.31. The first-order chi connectivity index (χ1) is 10.5. The van der Waals surface area contributed by atoms with Gasteiger partial charge in [0.15, 0.2) is 11.1 Å². The van der Waals surface area contributed by atoms with Gasteiger partial charge < -0.3 is 9.45 Å². The SMILES string of the molecule is CN1Cc2c(Cl)cc(Cl)cc2C(c2ccc(S(=O)O)cc2)C1. The molecule has 2 atom stereocenters. The van der Waals surface area contributed by atoms with Crippen LogP contribution >= 0.6 is 23.2 Å². The van der Waals surface area contributed by atoms with Crippen molar-refractivity contribution in [1.29, 1.82) is 0 Å². The van der Waals surface area contributed by atoms with Crippen molar-refractivity contribution in [3.8, 4) is 0 Å². The van der Waals surface area contributed by atoms with Crippen LogP contribution in [0.3, 0.4) is 0 Å². The fourth-order valence-electron chi connectivity index (χ4n) is 2.95. The van der Waals surface area contributed by atoms with Crippen LogP contribution in [0.25, 0.3) is 0 Å². The summed E-state index contributed by atoms with van der Waals surface area (Å²) in [6, 6.07) is 10.9. The van der Waals surface area contributed by atoms with Gasteiger partial charge in [0.25, 0.3) is 0 Å². The Labute approximate surface area is 142 Å². The highest BCUT2D eigenvalue weighted by molar-refractivity contribution is 7.79. The number of benzene rings is 2. The zero-order valence-corrected chi connectivity index (χ0v) is 14.3. The van der Waals surface area contributed by atoms with Crippen LogP contribution in [0, 0.1) is 0 Å². The van der Waals surface area contributed by atoms with Crippen LogP contribution in [0.4, 0.5) is 0 Å². The molecule has 1 N–H and O–H groups in total. The molecule has 1 aliphatic rings. The van der Waals surface area contributed by atoms with Crippen LogP contribution in [0.2, 0.25) is 10.0 Å². The average Bonchev–Trinajstić information content (AvgIpc) is 2.47. The number of hydrogen-bond donors (Lipinski definition) is 1. The van der Waals surface area contributed by atoms with E-state index in [0.29, 0.717) is 14.9 Å². The molecule has 0 amide bonds. The van der Waals surface area contributed by atoms with Gasteiger partial charge in [-0.25, -0.2) is 4.21 Å². The summed E-state index contributed by atoms with van der Waals surface area (Å²) in [7, 11) is 2.05. The first kappa shape index (κ1) is 16.0. The van der Waals surface area contributed by atoms with Gasteiger partial charge in [-0.15, -0.1) is 0 Å². The van der Waals surface area contributed by atoms with E-state index >= 15 is 0 Å². The van der Waals surface area contributed by atoms with Gasteiger partial charge in [0, 0.05) is 29.1 Å². The van der Waals surface area contributed by atoms with Crippen molar-refractivity contribution in [3.63, 3.8) is 0 Å². The first-order valence-electron chi connectivity index (χ1n) is 6.83. The second-order valence-corrected chi connectivity index (χ2v) is 7.34. The quantitative estimate of drug-likeness (QED) is 0.822. The molecule has 22 heavy (non-hydrogen) atoms. The van der Waals surface area contributed by atoms with Crippen molar-refractivity contribution in [2.45, 2.75) is 17.4 Å². The maximum absolute atomic E-state index is 11.1. The standard InChI is InChI=1S/C16H15Cl2NO2S/c1-19-8-14(10-2-4-12(5-3-10)22(20)21)13-6-11(17)7-16(18)15(13)9-19/h2-7,14H,8-9H2,1H3,(H,20,21). The third-order valence-electron chi connectivity index (χ3n) is 3.98. The van der Waals surface area contributed by atoms with Crippen molar-refractivity contribution in [2.75, 3.05) is 13.6 Å². The van der Waals surface area contributed by atoms with Crippen LogP contribution in [0.1, 0.15) is 22.6 Å².